The number of benzene rings is 1. The summed E-state index contributed by atoms with van der Waals surface area (Å²) >= 11 is 0. The minimum absolute atomic E-state index is 0.330. The molecule has 0 aliphatic rings. The van der Waals surface area contributed by atoms with Gasteiger partial charge >= 0.3 is 5.97 Å². The molecule has 0 aliphatic carbocycles. The van der Waals surface area contributed by atoms with Gasteiger partial charge in [-0.1, -0.05) is 6.07 Å². The van der Waals surface area contributed by atoms with E-state index in [4.69, 9.17) is 9.47 Å². The number of methoxy groups -OCH3 is 2. The molecule has 0 aliphatic heterocycles. The molecule has 0 N–H and O–H groups in total. The van der Waals surface area contributed by atoms with Crippen molar-refractivity contribution in [2.24, 2.45) is 7.05 Å². The number of aromatic nitrogens is 1. The summed E-state index contributed by atoms with van der Waals surface area (Å²) in [7, 11) is 4.86. The highest BCUT2D eigenvalue weighted by Crippen LogP contribution is 2.32. The van der Waals surface area contributed by atoms with Gasteiger partial charge in [0.05, 0.1) is 19.7 Å². The maximum atomic E-state index is 11.7. The van der Waals surface area contributed by atoms with E-state index in [1.54, 1.807) is 7.11 Å². The zero-order valence-corrected chi connectivity index (χ0v) is 10.4. The summed E-state index contributed by atoms with van der Waals surface area (Å²) in [5, 5.41) is 0.956. The normalized spacial score (nSPS) is 10.6. The molecule has 0 saturated carbocycles. The second-order valence-electron chi connectivity index (χ2n) is 3.88. The summed E-state index contributed by atoms with van der Waals surface area (Å²) in [5.74, 6) is 0.439. The number of nitrogens with zero attached hydrogens (tertiary/aromatic N) is 1. The molecule has 0 unspecified atom stereocenters. The van der Waals surface area contributed by atoms with Crippen molar-refractivity contribution >= 4 is 16.9 Å². The van der Waals surface area contributed by atoms with Crippen LogP contribution in [0.2, 0.25) is 0 Å². The molecule has 0 fully saturated rings. The monoisotopic (exact) mass is 233 g/mol. The number of esters is 1. The van der Waals surface area contributed by atoms with Crippen LogP contribution in [0.25, 0.3) is 10.9 Å². The first kappa shape index (κ1) is 11.5. The van der Waals surface area contributed by atoms with E-state index in [-0.39, 0.29) is 5.97 Å². The van der Waals surface area contributed by atoms with Crippen molar-refractivity contribution < 1.29 is 14.3 Å². The standard InChI is InChI=1S/C13H15NO3/c1-8-11-9(6-5-7-10(11)16-3)14(2)12(8)13(15)17-4/h5-7H,1-4H3. The topological polar surface area (TPSA) is 40.5 Å². The van der Waals surface area contributed by atoms with Crippen molar-refractivity contribution in [3.63, 3.8) is 0 Å². The Kier molecular flexibility index (Phi) is 2.79. The third-order valence-corrected chi connectivity index (χ3v) is 3.03. The lowest BCUT2D eigenvalue weighted by Gasteiger charge is -2.02. The third-order valence-electron chi connectivity index (χ3n) is 3.03. The van der Waals surface area contributed by atoms with E-state index in [1.165, 1.54) is 7.11 Å². The number of rotatable bonds is 2. The average Bonchev–Trinajstić information content (AvgIpc) is 2.61. The van der Waals surface area contributed by atoms with Gasteiger partial charge in [0, 0.05) is 12.4 Å². The quantitative estimate of drug-likeness (QED) is 0.747. The lowest BCUT2D eigenvalue weighted by Crippen LogP contribution is -2.08. The molecule has 2 rings (SSSR count). The highest BCUT2D eigenvalue weighted by Gasteiger charge is 2.20. The van der Waals surface area contributed by atoms with Crippen molar-refractivity contribution in [1.29, 1.82) is 0 Å². The minimum Gasteiger partial charge on any atom is -0.496 e. The molecule has 90 valence electrons. The fourth-order valence-corrected chi connectivity index (χ4v) is 2.22. The number of aryl methyl sites for hydroxylation is 2. The van der Waals surface area contributed by atoms with E-state index in [9.17, 15) is 4.79 Å². The number of hydrogen-bond acceptors (Lipinski definition) is 3. The summed E-state index contributed by atoms with van der Waals surface area (Å²) in [5.41, 5.74) is 2.40. The first-order valence-corrected chi connectivity index (χ1v) is 5.32. The number of carbonyl (C=O) groups excluding carboxylic acids is 1. The zero-order chi connectivity index (χ0) is 12.6. The Bertz CT molecular complexity index is 584. The summed E-state index contributed by atoms with van der Waals surface area (Å²) in [6.45, 7) is 1.90. The second-order valence-corrected chi connectivity index (χ2v) is 3.88. The van der Waals surface area contributed by atoms with Gasteiger partial charge in [-0.2, -0.15) is 0 Å². The van der Waals surface area contributed by atoms with Gasteiger partial charge in [0.15, 0.2) is 0 Å². The molecule has 17 heavy (non-hydrogen) atoms. The van der Waals surface area contributed by atoms with E-state index < -0.39 is 0 Å². The SMILES string of the molecule is COC(=O)c1c(C)c2c(OC)cccc2n1C. The summed E-state index contributed by atoms with van der Waals surface area (Å²) in [4.78, 5) is 11.7. The highest BCUT2D eigenvalue weighted by atomic mass is 16.5. The molecular formula is C13H15NO3. The fourth-order valence-electron chi connectivity index (χ4n) is 2.22. The zero-order valence-electron chi connectivity index (χ0n) is 10.4. The van der Waals surface area contributed by atoms with Gasteiger partial charge < -0.3 is 14.0 Å². The van der Waals surface area contributed by atoms with Crippen molar-refractivity contribution in [2.75, 3.05) is 14.2 Å². The maximum Gasteiger partial charge on any atom is 0.354 e. The van der Waals surface area contributed by atoms with Gasteiger partial charge in [-0.15, -0.1) is 0 Å². The number of fused-ring (bicyclic) bond motifs is 1. The van der Waals surface area contributed by atoms with Gasteiger partial charge in [0.2, 0.25) is 0 Å². The molecule has 4 heteroatoms. The van der Waals surface area contributed by atoms with Gasteiger partial charge in [-0.05, 0) is 24.6 Å². The van der Waals surface area contributed by atoms with E-state index in [0.29, 0.717) is 5.69 Å². The predicted octanol–water partition coefficient (Wildman–Crippen LogP) is 2.28. The molecule has 4 nitrogen and oxygen atoms in total. The number of ether oxygens (including phenoxy) is 2. The molecular weight excluding hydrogens is 218 g/mol. The van der Waals surface area contributed by atoms with Crippen LogP contribution in [0.4, 0.5) is 0 Å². The van der Waals surface area contributed by atoms with Crippen LogP contribution in [0.1, 0.15) is 16.1 Å². The Morgan fingerprint density at radius 2 is 2.00 bits per heavy atom. The van der Waals surface area contributed by atoms with Crippen molar-refractivity contribution in [1.82, 2.24) is 4.57 Å². The van der Waals surface area contributed by atoms with Crippen LogP contribution in [0.15, 0.2) is 18.2 Å². The van der Waals surface area contributed by atoms with Crippen LogP contribution in [-0.4, -0.2) is 24.8 Å². The van der Waals surface area contributed by atoms with Crippen LogP contribution in [0, 0.1) is 6.92 Å². The van der Waals surface area contributed by atoms with E-state index in [0.717, 1.165) is 22.2 Å². The predicted molar refractivity (Wildman–Crippen MR) is 65.5 cm³/mol. The lowest BCUT2D eigenvalue weighted by molar-refractivity contribution is 0.0589. The highest BCUT2D eigenvalue weighted by molar-refractivity contribution is 6.01. The molecule has 0 atom stereocenters. The Balaban J connectivity index is 2.85. The summed E-state index contributed by atoms with van der Waals surface area (Å²) in [6, 6.07) is 5.75. The molecule has 0 amide bonds. The van der Waals surface area contributed by atoms with Crippen LogP contribution in [0.5, 0.6) is 5.75 Å². The van der Waals surface area contributed by atoms with E-state index >= 15 is 0 Å². The van der Waals surface area contributed by atoms with Gasteiger partial charge in [-0.3, -0.25) is 0 Å². The Labute approximate surface area is 99.7 Å². The lowest BCUT2D eigenvalue weighted by atomic mass is 10.1. The van der Waals surface area contributed by atoms with E-state index in [1.807, 2.05) is 36.7 Å². The summed E-state index contributed by atoms with van der Waals surface area (Å²) in [6.07, 6.45) is 0. The molecule has 1 aromatic carbocycles. The second kappa shape index (κ2) is 4.13. The maximum absolute atomic E-state index is 11.7. The van der Waals surface area contributed by atoms with Crippen molar-refractivity contribution in [3.05, 3.63) is 29.5 Å². The number of hydrogen-bond donors (Lipinski definition) is 0. The molecule has 0 saturated heterocycles. The van der Waals surface area contributed by atoms with Crippen LogP contribution >= 0.6 is 0 Å². The third kappa shape index (κ3) is 1.56. The van der Waals surface area contributed by atoms with E-state index in [2.05, 4.69) is 0 Å². The summed E-state index contributed by atoms with van der Waals surface area (Å²) < 4.78 is 12.0. The minimum atomic E-state index is -0.330. The first-order chi connectivity index (χ1) is 8.11. The Morgan fingerprint density at radius 1 is 1.29 bits per heavy atom. The fraction of sp³-hybridized carbons (Fsp3) is 0.308. The van der Waals surface area contributed by atoms with Crippen LogP contribution in [-0.2, 0) is 11.8 Å². The molecule has 0 radical (unpaired) electrons. The largest absolute Gasteiger partial charge is 0.496 e. The van der Waals surface area contributed by atoms with Crippen LogP contribution in [0.3, 0.4) is 0 Å². The average molecular weight is 233 g/mol. The Morgan fingerprint density at radius 3 is 2.59 bits per heavy atom. The number of carbonyl (C=O) groups is 1. The molecule has 1 aromatic heterocycles. The van der Waals surface area contributed by atoms with Crippen molar-refractivity contribution in [3.8, 4) is 5.75 Å². The van der Waals surface area contributed by atoms with Gasteiger partial charge in [-0.25, -0.2) is 4.79 Å². The first-order valence-electron chi connectivity index (χ1n) is 5.32. The van der Waals surface area contributed by atoms with Gasteiger partial charge in [0.25, 0.3) is 0 Å². The van der Waals surface area contributed by atoms with Crippen LogP contribution < -0.4 is 4.74 Å². The molecule has 0 bridgehead atoms. The molecule has 1 heterocycles. The smallest absolute Gasteiger partial charge is 0.354 e. The Hall–Kier alpha value is -1.97. The molecule has 2 aromatic rings. The van der Waals surface area contributed by atoms with Gasteiger partial charge in [0.1, 0.15) is 11.4 Å². The van der Waals surface area contributed by atoms with Crippen molar-refractivity contribution in [2.45, 2.75) is 6.92 Å². The molecule has 0 spiro atoms.